The van der Waals surface area contributed by atoms with Crippen LogP contribution in [0.1, 0.15) is 32.1 Å². The number of benzene rings is 1. The Hall–Kier alpha value is -2.84. The van der Waals surface area contributed by atoms with E-state index < -0.39 is 0 Å². The third kappa shape index (κ3) is 6.97. The predicted octanol–water partition coefficient (Wildman–Crippen LogP) is 3.93. The van der Waals surface area contributed by atoms with Gasteiger partial charge in [0.1, 0.15) is 11.6 Å². The van der Waals surface area contributed by atoms with Gasteiger partial charge in [0.2, 0.25) is 0 Å². The second-order valence-corrected chi connectivity index (χ2v) is 11.2. The molecule has 8 heteroatoms. The third-order valence-corrected chi connectivity index (χ3v) is 8.37. The summed E-state index contributed by atoms with van der Waals surface area (Å²) in [5.41, 5.74) is 2.47. The average Bonchev–Trinajstić information content (AvgIpc) is 2.97. The van der Waals surface area contributed by atoms with Crippen molar-refractivity contribution in [3.63, 3.8) is 0 Å². The minimum Gasteiger partial charge on any atom is -0.378 e. The van der Waals surface area contributed by atoms with Gasteiger partial charge < -0.3 is 24.8 Å². The van der Waals surface area contributed by atoms with Crippen LogP contribution in [0.3, 0.4) is 0 Å². The number of carbonyl (C=O) groups excluding carboxylic acids is 1. The maximum atomic E-state index is 11.9. The summed E-state index contributed by atoms with van der Waals surface area (Å²) in [6.45, 7) is 8.66. The van der Waals surface area contributed by atoms with Crippen molar-refractivity contribution in [3.05, 3.63) is 42.5 Å². The van der Waals surface area contributed by atoms with Crippen LogP contribution in [-0.2, 0) is 4.74 Å². The van der Waals surface area contributed by atoms with Gasteiger partial charge in [-0.2, -0.15) is 0 Å². The van der Waals surface area contributed by atoms with Crippen LogP contribution in [0.25, 0.3) is 11.1 Å². The zero-order valence-electron chi connectivity index (χ0n) is 23.1. The third-order valence-electron chi connectivity index (χ3n) is 8.37. The number of urea groups is 1. The highest BCUT2D eigenvalue weighted by Gasteiger charge is 2.25. The van der Waals surface area contributed by atoms with Gasteiger partial charge in [0.05, 0.1) is 13.2 Å². The fourth-order valence-corrected chi connectivity index (χ4v) is 5.88. The molecule has 1 aromatic carbocycles. The molecule has 0 spiro atoms. The Kier molecular flexibility index (Phi) is 9.02. The first-order valence-electron chi connectivity index (χ1n) is 14.4. The van der Waals surface area contributed by atoms with Crippen LogP contribution in [0, 0.1) is 5.92 Å². The smallest absolute Gasteiger partial charge is 0.317 e. The van der Waals surface area contributed by atoms with Gasteiger partial charge in [-0.25, -0.2) is 9.78 Å². The molecule has 3 heterocycles. The number of aromatic nitrogens is 1. The van der Waals surface area contributed by atoms with E-state index in [1.54, 1.807) is 19.0 Å². The normalized spacial score (nSPS) is 22.8. The van der Waals surface area contributed by atoms with E-state index in [4.69, 9.17) is 9.72 Å². The summed E-state index contributed by atoms with van der Waals surface area (Å²) in [6, 6.07) is 15.5. The molecule has 1 saturated carbocycles. The summed E-state index contributed by atoms with van der Waals surface area (Å²) in [5.74, 6) is 2.93. The Morgan fingerprint density at radius 3 is 2.16 bits per heavy atom. The standard InChI is InChI=1S/C30H44N6O2/c1-33(2)30(37)31-27-10-8-24(9-11-27)12-13-34-14-16-35(17-15-34)28-22-26(25-6-4-3-5-7-25)23-29(32-28)36-18-20-38-21-19-36/h3-7,22-24,27H,8-21H2,1-2H3,(H,31,37). The van der Waals surface area contributed by atoms with Crippen molar-refractivity contribution < 1.29 is 9.53 Å². The summed E-state index contributed by atoms with van der Waals surface area (Å²) in [6.07, 6.45) is 5.91. The van der Waals surface area contributed by atoms with Gasteiger partial charge in [-0.1, -0.05) is 30.3 Å². The Morgan fingerprint density at radius 2 is 1.53 bits per heavy atom. The summed E-state index contributed by atoms with van der Waals surface area (Å²) >= 11 is 0. The number of carbonyl (C=O) groups is 1. The van der Waals surface area contributed by atoms with Crippen LogP contribution in [0.15, 0.2) is 42.5 Å². The van der Waals surface area contributed by atoms with Gasteiger partial charge in [-0.3, -0.25) is 4.90 Å². The predicted molar refractivity (Wildman–Crippen MR) is 154 cm³/mol. The quantitative estimate of drug-likeness (QED) is 0.597. The van der Waals surface area contributed by atoms with Crippen LogP contribution in [-0.4, -0.2) is 100.0 Å². The van der Waals surface area contributed by atoms with Crippen molar-refractivity contribution in [1.82, 2.24) is 20.1 Å². The minimum absolute atomic E-state index is 0.0344. The molecule has 8 nitrogen and oxygen atoms in total. The van der Waals surface area contributed by atoms with Gasteiger partial charge >= 0.3 is 6.03 Å². The van der Waals surface area contributed by atoms with Gasteiger partial charge in [0.25, 0.3) is 0 Å². The summed E-state index contributed by atoms with van der Waals surface area (Å²) < 4.78 is 5.59. The second-order valence-electron chi connectivity index (χ2n) is 11.2. The minimum atomic E-state index is 0.0344. The number of rotatable bonds is 7. The zero-order chi connectivity index (χ0) is 26.3. The van der Waals surface area contributed by atoms with Crippen molar-refractivity contribution in [2.45, 2.75) is 38.1 Å². The van der Waals surface area contributed by atoms with Crippen molar-refractivity contribution in [2.75, 3.05) is 82.9 Å². The first kappa shape index (κ1) is 26.8. The van der Waals surface area contributed by atoms with Crippen LogP contribution in [0.4, 0.5) is 16.4 Å². The van der Waals surface area contributed by atoms with E-state index in [1.807, 2.05) is 0 Å². The van der Waals surface area contributed by atoms with E-state index >= 15 is 0 Å². The highest BCUT2D eigenvalue weighted by atomic mass is 16.5. The van der Waals surface area contributed by atoms with E-state index in [9.17, 15) is 4.79 Å². The van der Waals surface area contributed by atoms with Gasteiger partial charge in [0.15, 0.2) is 0 Å². The van der Waals surface area contributed by atoms with Crippen LogP contribution < -0.4 is 15.1 Å². The fraction of sp³-hybridized carbons (Fsp3) is 0.600. The molecule has 1 aliphatic carbocycles. The van der Waals surface area contributed by atoms with E-state index in [2.05, 4.69) is 62.5 Å². The van der Waals surface area contributed by atoms with E-state index in [0.717, 1.165) is 82.9 Å². The number of nitrogens with zero attached hydrogens (tertiary/aromatic N) is 5. The van der Waals surface area contributed by atoms with Crippen LogP contribution >= 0.6 is 0 Å². The summed E-state index contributed by atoms with van der Waals surface area (Å²) in [7, 11) is 3.61. The number of nitrogens with one attached hydrogen (secondary N) is 1. The Bertz CT molecular complexity index is 1030. The molecule has 0 unspecified atom stereocenters. The molecule has 2 aliphatic heterocycles. The molecule has 0 bridgehead atoms. The Morgan fingerprint density at radius 1 is 0.895 bits per heavy atom. The van der Waals surface area contributed by atoms with Crippen molar-refractivity contribution >= 4 is 17.7 Å². The molecule has 3 fully saturated rings. The molecule has 1 N–H and O–H groups in total. The van der Waals surface area contributed by atoms with Gasteiger partial charge in [-0.05, 0) is 67.8 Å². The molecular formula is C30H44N6O2. The van der Waals surface area contributed by atoms with Crippen molar-refractivity contribution in [2.24, 2.45) is 5.92 Å². The van der Waals surface area contributed by atoms with Gasteiger partial charge in [-0.15, -0.1) is 0 Å². The maximum absolute atomic E-state index is 11.9. The fourth-order valence-electron chi connectivity index (χ4n) is 5.88. The highest BCUT2D eigenvalue weighted by Crippen LogP contribution is 2.30. The maximum Gasteiger partial charge on any atom is 0.317 e. The number of pyridine rings is 1. The monoisotopic (exact) mass is 520 g/mol. The molecule has 206 valence electrons. The van der Waals surface area contributed by atoms with E-state index in [0.29, 0.717) is 6.04 Å². The number of piperazine rings is 1. The Balaban J connectivity index is 1.14. The number of morpholine rings is 1. The molecular weight excluding hydrogens is 476 g/mol. The summed E-state index contributed by atoms with van der Waals surface area (Å²) in [5, 5.41) is 3.16. The van der Waals surface area contributed by atoms with Crippen LogP contribution in [0.5, 0.6) is 0 Å². The molecule has 3 aliphatic rings. The number of amides is 2. The molecule has 5 rings (SSSR count). The van der Waals surface area contributed by atoms with Crippen molar-refractivity contribution in [1.29, 1.82) is 0 Å². The first-order chi connectivity index (χ1) is 18.5. The molecule has 2 amide bonds. The van der Waals surface area contributed by atoms with E-state index in [-0.39, 0.29) is 6.03 Å². The highest BCUT2D eigenvalue weighted by molar-refractivity contribution is 5.74. The molecule has 0 radical (unpaired) electrons. The van der Waals surface area contributed by atoms with Crippen LogP contribution in [0.2, 0.25) is 0 Å². The largest absolute Gasteiger partial charge is 0.378 e. The molecule has 38 heavy (non-hydrogen) atoms. The van der Waals surface area contributed by atoms with E-state index in [1.165, 1.54) is 36.9 Å². The number of hydrogen-bond donors (Lipinski definition) is 1. The lowest BCUT2D eigenvalue weighted by atomic mass is 9.84. The Labute approximate surface area is 227 Å². The topological polar surface area (TPSA) is 64.2 Å². The number of ether oxygens (including phenoxy) is 1. The van der Waals surface area contributed by atoms with Crippen molar-refractivity contribution in [3.8, 4) is 11.1 Å². The number of anilines is 2. The number of hydrogen-bond acceptors (Lipinski definition) is 6. The second kappa shape index (κ2) is 12.8. The summed E-state index contributed by atoms with van der Waals surface area (Å²) in [4.78, 5) is 26.1. The zero-order valence-corrected chi connectivity index (χ0v) is 23.1. The molecule has 2 saturated heterocycles. The SMILES string of the molecule is CN(C)C(=O)NC1CCC(CCN2CCN(c3cc(-c4ccccc4)cc(N4CCOCC4)n3)CC2)CC1. The lowest BCUT2D eigenvalue weighted by Gasteiger charge is -2.37. The average molecular weight is 521 g/mol. The molecule has 1 aromatic heterocycles. The lowest BCUT2D eigenvalue weighted by molar-refractivity contribution is 0.122. The van der Waals surface area contributed by atoms with Gasteiger partial charge in [0, 0.05) is 59.4 Å². The molecule has 2 aromatic rings. The lowest BCUT2D eigenvalue weighted by Crippen LogP contribution is -2.47. The first-order valence-corrected chi connectivity index (χ1v) is 14.4. The molecule has 0 atom stereocenters.